The SMILES string of the molecule is Cc1cccc(OCC(=O)Nc2nc3ccc(C(C)C)cc3s2)c1. The molecule has 1 heterocycles. The van der Waals surface area contributed by atoms with Gasteiger partial charge in [0.05, 0.1) is 10.2 Å². The molecular weight excluding hydrogens is 320 g/mol. The van der Waals surface area contributed by atoms with Gasteiger partial charge in [-0.15, -0.1) is 0 Å². The van der Waals surface area contributed by atoms with Crippen LogP contribution in [0, 0.1) is 6.92 Å². The van der Waals surface area contributed by atoms with Gasteiger partial charge in [-0.25, -0.2) is 4.98 Å². The van der Waals surface area contributed by atoms with Crippen molar-refractivity contribution in [2.24, 2.45) is 0 Å². The number of amides is 1. The highest BCUT2D eigenvalue weighted by Crippen LogP contribution is 2.29. The van der Waals surface area contributed by atoms with Crippen molar-refractivity contribution in [3.8, 4) is 5.75 Å². The average Bonchev–Trinajstić information content (AvgIpc) is 2.94. The van der Waals surface area contributed by atoms with Crippen molar-refractivity contribution < 1.29 is 9.53 Å². The number of hydrogen-bond donors (Lipinski definition) is 1. The van der Waals surface area contributed by atoms with Crippen molar-refractivity contribution in [2.45, 2.75) is 26.7 Å². The van der Waals surface area contributed by atoms with E-state index in [0.717, 1.165) is 15.8 Å². The minimum Gasteiger partial charge on any atom is -0.484 e. The number of ether oxygens (including phenoxy) is 1. The van der Waals surface area contributed by atoms with Crippen molar-refractivity contribution in [3.05, 3.63) is 53.6 Å². The normalized spacial score (nSPS) is 11.0. The van der Waals surface area contributed by atoms with Crippen LogP contribution in [0.2, 0.25) is 0 Å². The molecule has 1 amide bonds. The molecule has 0 saturated heterocycles. The number of aromatic nitrogens is 1. The van der Waals surface area contributed by atoms with Crippen molar-refractivity contribution in [1.82, 2.24) is 4.98 Å². The third kappa shape index (κ3) is 3.92. The minimum absolute atomic E-state index is 0.0311. The quantitative estimate of drug-likeness (QED) is 0.729. The van der Waals surface area contributed by atoms with Crippen LogP contribution in [0.25, 0.3) is 10.2 Å². The van der Waals surface area contributed by atoms with E-state index in [-0.39, 0.29) is 12.5 Å². The minimum atomic E-state index is -0.209. The summed E-state index contributed by atoms with van der Waals surface area (Å²) in [5.74, 6) is 0.952. The van der Waals surface area contributed by atoms with E-state index in [1.54, 1.807) is 0 Å². The highest BCUT2D eigenvalue weighted by Gasteiger charge is 2.10. The molecule has 1 aromatic heterocycles. The number of fused-ring (bicyclic) bond motifs is 1. The Balaban J connectivity index is 1.64. The van der Waals surface area contributed by atoms with Gasteiger partial charge >= 0.3 is 0 Å². The molecule has 0 atom stereocenters. The second kappa shape index (κ2) is 7.01. The fourth-order valence-corrected chi connectivity index (χ4v) is 3.29. The van der Waals surface area contributed by atoms with E-state index in [0.29, 0.717) is 16.8 Å². The Bertz CT molecular complexity index is 871. The summed E-state index contributed by atoms with van der Waals surface area (Å²) in [6.45, 7) is 6.27. The molecule has 3 aromatic rings. The number of nitrogens with zero attached hydrogens (tertiary/aromatic N) is 1. The Kier molecular flexibility index (Phi) is 4.81. The zero-order valence-corrected chi connectivity index (χ0v) is 14.8. The van der Waals surface area contributed by atoms with Gasteiger partial charge in [-0.2, -0.15) is 0 Å². The summed E-state index contributed by atoms with van der Waals surface area (Å²) in [5.41, 5.74) is 3.27. The lowest BCUT2D eigenvalue weighted by molar-refractivity contribution is -0.118. The number of rotatable bonds is 5. The lowest BCUT2D eigenvalue weighted by Crippen LogP contribution is -2.20. The van der Waals surface area contributed by atoms with Gasteiger partial charge in [0.15, 0.2) is 11.7 Å². The first kappa shape index (κ1) is 16.5. The van der Waals surface area contributed by atoms with Gasteiger partial charge in [0.2, 0.25) is 0 Å². The lowest BCUT2D eigenvalue weighted by atomic mass is 10.0. The zero-order chi connectivity index (χ0) is 17.1. The molecule has 124 valence electrons. The first-order chi connectivity index (χ1) is 11.5. The van der Waals surface area contributed by atoms with E-state index >= 15 is 0 Å². The first-order valence-corrected chi connectivity index (χ1v) is 8.73. The van der Waals surface area contributed by atoms with E-state index in [1.165, 1.54) is 16.9 Å². The molecule has 0 aliphatic heterocycles. The van der Waals surface area contributed by atoms with Gasteiger partial charge in [-0.05, 0) is 48.2 Å². The molecule has 0 saturated carbocycles. The van der Waals surface area contributed by atoms with Crippen LogP contribution in [0.15, 0.2) is 42.5 Å². The third-order valence-electron chi connectivity index (χ3n) is 3.68. The van der Waals surface area contributed by atoms with Gasteiger partial charge in [0, 0.05) is 0 Å². The van der Waals surface area contributed by atoms with E-state index in [4.69, 9.17) is 4.74 Å². The third-order valence-corrected chi connectivity index (χ3v) is 4.62. The first-order valence-electron chi connectivity index (χ1n) is 7.91. The molecule has 0 unspecified atom stereocenters. The van der Waals surface area contributed by atoms with Gasteiger partial charge in [-0.1, -0.05) is 43.4 Å². The van der Waals surface area contributed by atoms with Crippen LogP contribution in [0.3, 0.4) is 0 Å². The molecule has 24 heavy (non-hydrogen) atoms. The maximum Gasteiger partial charge on any atom is 0.264 e. The molecule has 2 aromatic carbocycles. The molecule has 5 heteroatoms. The predicted molar refractivity (Wildman–Crippen MR) is 99.0 cm³/mol. The Morgan fingerprint density at radius 1 is 1.25 bits per heavy atom. The highest BCUT2D eigenvalue weighted by atomic mass is 32.1. The van der Waals surface area contributed by atoms with Crippen LogP contribution in [-0.2, 0) is 4.79 Å². The summed E-state index contributed by atoms with van der Waals surface area (Å²) >= 11 is 1.48. The van der Waals surface area contributed by atoms with Gasteiger partial charge in [0.1, 0.15) is 5.75 Å². The van der Waals surface area contributed by atoms with Crippen LogP contribution >= 0.6 is 11.3 Å². The second-order valence-corrected chi connectivity index (χ2v) is 7.08. The molecule has 0 aliphatic carbocycles. The Labute approximate surface area is 145 Å². The molecule has 3 rings (SSSR count). The molecule has 1 N–H and O–H groups in total. The van der Waals surface area contributed by atoms with Gasteiger partial charge in [-0.3, -0.25) is 10.1 Å². The number of thiazole rings is 1. The Morgan fingerprint density at radius 2 is 2.08 bits per heavy atom. The molecule has 0 bridgehead atoms. The number of aryl methyl sites for hydroxylation is 1. The molecule has 0 spiro atoms. The summed E-state index contributed by atoms with van der Waals surface area (Å²) in [5, 5.41) is 3.41. The fourth-order valence-electron chi connectivity index (χ4n) is 2.36. The lowest BCUT2D eigenvalue weighted by Gasteiger charge is -2.06. The topological polar surface area (TPSA) is 51.2 Å². The summed E-state index contributed by atoms with van der Waals surface area (Å²) in [7, 11) is 0. The largest absolute Gasteiger partial charge is 0.484 e. The van der Waals surface area contributed by atoms with E-state index in [9.17, 15) is 4.79 Å². The number of nitrogens with one attached hydrogen (secondary N) is 1. The Hall–Kier alpha value is -2.40. The maximum atomic E-state index is 12.1. The predicted octanol–water partition coefficient (Wildman–Crippen LogP) is 4.75. The molecule has 0 fully saturated rings. The Morgan fingerprint density at radius 3 is 2.83 bits per heavy atom. The molecule has 0 radical (unpaired) electrons. The maximum absolute atomic E-state index is 12.1. The fraction of sp³-hybridized carbons (Fsp3) is 0.263. The number of benzene rings is 2. The molecular formula is C19H20N2O2S. The van der Waals surface area contributed by atoms with Crippen molar-refractivity contribution in [2.75, 3.05) is 11.9 Å². The average molecular weight is 340 g/mol. The van der Waals surface area contributed by atoms with Crippen LogP contribution in [-0.4, -0.2) is 17.5 Å². The highest BCUT2D eigenvalue weighted by molar-refractivity contribution is 7.22. The van der Waals surface area contributed by atoms with E-state index in [2.05, 4.69) is 36.3 Å². The van der Waals surface area contributed by atoms with E-state index < -0.39 is 0 Å². The van der Waals surface area contributed by atoms with Crippen molar-refractivity contribution in [3.63, 3.8) is 0 Å². The summed E-state index contributed by atoms with van der Waals surface area (Å²) < 4.78 is 6.59. The van der Waals surface area contributed by atoms with E-state index in [1.807, 2.05) is 37.3 Å². The number of carbonyl (C=O) groups excluding carboxylic acids is 1. The van der Waals surface area contributed by atoms with Crippen LogP contribution in [0.1, 0.15) is 30.9 Å². The van der Waals surface area contributed by atoms with Crippen molar-refractivity contribution >= 4 is 32.6 Å². The molecule has 0 aliphatic rings. The van der Waals surface area contributed by atoms with Crippen LogP contribution in [0.4, 0.5) is 5.13 Å². The standard InChI is InChI=1S/C19H20N2O2S/c1-12(2)14-7-8-16-17(10-14)24-19(20-16)21-18(22)11-23-15-6-4-5-13(3)9-15/h4-10,12H,11H2,1-3H3,(H,20,21,22). The number of carbonyl (C=O) groups is 1. The van der Waals surface area contributed by atoms with Crippen molar-refractivity contribution in [1.29, 1.82) is 0 Å². The number of hydrogen-bond acceptors (Lipinski definition) is 4. The monoisotopic (exact) mass is 340 g/mol. The van der Waals surface area contributed by atoms with Crippen LogP contribution < -0.4 is 10.1 Å². The summed E-state index contributed by atoms with van der Waals surface area (Å²) in [6, 6.07) is 13.8. The molecule has 4 nitrogen and oxygen atoms in total. The van der Waals surface area contributed by atoms with Gasteiger partial charge < -0.3 is 4.74 Å². The second-order valence-electron chi connectivity index (χ2n) is 6.05. The summed E-state index contributed by atoms with van der Waals surface area (Å²) in [6.07, 6.45) is 0. The smallest absolute Gasteiger partial charge is 0.264 e. The van der Waals surface area contributed by atoms with Gasteiger partial charge in [0.25, 0.3) is 5.91 Å². The summed E-state index contributed by atoms with van der Waals surface area (Å²) in [4.78, 5) is 16.5. The zero-order valence-electron chi connectivity index (χ0n) is 14.0. The van der Waals surface area contributed by atoms with Crippen LogP contribution in [0.5, 0.6) is 5.75 Å². The number of anilines is 1.